The fraction of sp³-hybridized carbons (Fsp3) is 0.278. The number of hydrazone groups is 1. The van der Waals surface area contributed by atoms with E-state index in [0.29, 0.717) is 17.7 Å². The quantitative estimate of drug-likeness (QED) is 0.446. The summed E-state index contributed by atoms with van der Waals surface area (Å²) in [5.74, 6) is 5.43. The van der Waals surface area contributed by atoms with Crippen LogP contribution in [0, 0.1) is 6.92 Å². The molecule has 7 heteroatoms. The van der Waals surface area contributed by atoms with Crippen molar-refractivity contribution in [2.45, 2.75) is 32.6 Å². The van der Waals surface area contributed by atoms with Gasteiger partial charge in [-0.1, -0.05) is 30.3 Å². The van der Waals surface area contributed by atoms with E-state index in [0.717, 1.165) is 29.7 Å². The predicted octanol–water partition coefficient (Wildman–Crippen LogP) is 1.59. The maximum atomic E-state index is 12.1. The molecular weight excluding hydrogens is 320 g/mol. The second kappa shape index (κ2) is 7.31. The van der Waals surface area contributed by atoms with Gasteiger partial charge in [0, 0.05) is 17.5 Å². The molecule has 1 aromatic carbocycles. The Morgan fingerprint density at radius 3 is 2.72 bits per heavy atom. The number of benzene rings is 1. The highest BCUT2D eigenvalue weighted by Gasteiger charge is 2.27. The summed E-state index contributed by atoms with van der Waals surface area (Å²) in [6, 6.07) is 9.47. The number of carbonyl (C=O) groups excluding carboxylic acids is 2. The molecule has 0 bridgehead atoms. The van der Waals surface area contributed by atoms with Crippen molar-refractivity contribution in [2.75, 3.05) is 0 Å². The highest BCUT2D eigenvalue weighted by Crippen LogP contribution is 2.29. The summed E-state index contributed by atoms with van der Waals surface area (Å²) in [4.78, 5) is 23.9. The predicted molar refractivity (Wildman–Crippen MR) is 92.9 cm³/mol. The normalized spacial score (nSPS) is 14.9. The van der Waals surface area contributed by atoms with E-state index < -0.39 is 5.91 Å². The smallest absolute Gasteiger partial charge is 0.301 e. The Hall–Kier alpha value is -2.93. The molecule has 0 radical (unpaired) electrons. The minimum Gasteiger partial charge on any atom is -0.455 e. The van der Waals surface area contributed by atoms with Crippen LogP contribution in [-0.2, 0) is 17.6 Å². The molecule has 4 N–H and O–H groups in total. The SMILES string of the molecule is Cc1c(C(=O)NN)oc2c1/C(=N/NC(=O)Cc1ccccc1)CCC2. The Balaban J connectivity index is 1.78. The van der Waals surface area contributed by atoms with Crippen LogP contribution in [0.5, 0.6) is 0 Å². The Morgan fingerprint density at radius 2 is 2.00 bits per heavy atom. The number of nitrogens with zero attached hydrogens (tertiary/aromatic N) is 1. The van der Waals surface area contributed by atoms with E-state index in [9.17, 15) is 9.59 Å². The number of nitrogens with one attached hydrogen (secondary N) is 2. The maximum Gasteiger partial charge on any atom is 0.301 e. The molecule has 0 atom stereocenters. The summed E-state index contributed by atoms with van der Waals surface area (Å²) in [5, 5.41) is 4.27. The second-order valence-electron chi connectivity index (χ2n) is 5.94. The van der Waals surface area contributed by atoms with Crippen LogP contribution in [0.25, 0.3) is 0 Å². The number of rotatable bonds is 4. The molecule has 7 nitrogen and oxygen atoms in total. The summed E-state index contributed by atoms with van der Waals surface area (Å²) in [6.07, 6.45) is 2.54. The zero-order chi connectivity index (χ0) is 17.8. The van der Waals surface area contributed by atoms with Crippen LogP contribution < -0.4 is 16.7 Å². The number of amides is 2. The Bertz CT molecular complexity index is 824. The summed E-state index contributed by atoms with van der Waals surface area (Å²) in [7, 11) is 0. The Labute approximate surface area is 145 Å². The van der Waals surface area contributed by atoms with Gasteiger partial charge < -0.3 is 4.42 Å². The highest BCUT2D eigenvalue weighted by molar-refractivity contribution is 6.06. The van der Waals surface area contributed by atoms with E-state index >= 15 is 0 Å². The topological polar surface area (TPSA) is 110 Å². The van der Waals surface area contributed by atoms with Crippen LogP contribution in [0.15, 0.2) is 39.9 Å². The third-order valence-corrected chi connectivity index (χ3v) is 4.19. The maximum absolute atomic E-state index is 12.1. The largest absolute Gasteiger partial charge is 0.455 e. The number of furan rings is 1. The first-order valence-electron chi connectivity index (χ1n) is 8.13. The van der Waals surface area contributed by atoms with Crippen molar-refractivity contribution in [3.05, 3.63) is 58.5 Å². The van der Waals surface area contributed by atoms with E-state index in [1.165, 1.54) is 0 Å². The Morgan fingerprint density at radius 1 is 1.24 bits per heavy atom. The molecule has 1 aliphatic carbocycles. The van der Waals surface area contributed by atoms with Crippen molar-refractivity contribution in [3.8, 4) is 0 Å². The van der Waals surface area contributed by atoms with E-state index in [2.05, 4.69) is 16.0 Å². The number of nitrogens with two attached hydrogens (primary N) is 1. The van der Waals surface area contributed by atoms with Gasteiger partial charge in [-0.2, -0.15) is 5.10 Å². The molecule has 3 rings (SSSR count). The average molecular weight is 340 g/mol. The molecule has 1 heterocycles. The molecule has 1 aliphatic rings. The van der Waals surface area contributed by atoms with Crippen molar-refractivity contribution in [2.24, 2.45) is 10.9 Å². The zero-order valence-electron chi connectivity index (χ0n) is 14.0. The van der Waals surface area contributed by atoms with Gasteiger partial charge >= 0.3 is 5.91 Å². The lowest BCUT2D eigenvalue weighted by Crippen LogP contribution is -2.30. The molecule has 0 aliphatic heterocycles. The fourth-order valence-corrected chi connectivity index (χ4v) is 3.01. The zero-order valence-corrected chi connectivity index (χ0v) is 14.0. The van der Waals surface area contributed by atoms with Crippen LogP contribution in [-0.4, -0.2) is 17.5 Å². The summed E-state index contributed by atoms with van der Waals surface area (Å²) < 4.78 is 5.64. The highest BCUT2D eigenvalue weighted by atomic mass is 16.4. The molecular formula is C18H20N4O3. The lowest BCUT2D eigenvalue weighted by Gasteiger charge is -2.13. The number of hydrazine groups is 1. The molecule has 0 saturated carbocycles. The minimum atomic E-state index is -0.473. The standard InChI is InChI=1S/C18H20N4O3/c1-11-16-13(8-5-9-14(16)25-17(11)18(24)20-19)21-22-15(23)10-12-6-3-2-4-7-12/h2-4,6-7H,5,8-10,19H2,1H3,(H,20,24)(H,22,23)/b21-13+. The molecule has 130 valence electrons. The van der Waals surface area contributed by atoms with Gasteiger partial charge in [0.25, 0.3) is 0 Å². The van der Waals surface area contributed by atoms with Gasteiger partial charge in [0.05, 0.1) is 12.1 Å². The monoisotopic (exact) mass is 340 g/mol. The van der Waals surface area contributed by atoms with Gasteiger partial charge in [-0.25, -0.2) is 11.3 Å². The number of aryl methyl sites for hydroxylation is 1. The molecule has 25 heavy (non-hydrogen) atoms. The average Bonchev–Trinajstić information content (AvgIpc) is 2.97. The Kier molecular flexibility index (Phi) is 4.95. The molecule has 2 aromatic rings. The van der Waals surface area contributed by atoms with Crippen molar-refractivity contribution in [1.29, 1.82) is 0 Å². The fourth-order valence-electron chi connectivity index (χ4n) is 3.01. The lowest BCUT2D eigenvalue weighted by atomic mass is 9.93. The second-order valence-corrected chi connectivity index (χ2v) is 5.94. The first kappa shape index (κ1) is 16.9. The molecule has 0 spiro atoms. The van der Waals surface area contributed by atoms with Crippen molar-refractivity contribution in [3.63, 3.8) is 0 Å². The van der Waals surface area contributed by atoms with Crippen LogP contribution >= 0.6 is 0 Å². The van der Waals surface area contributed by atoms with Crippen LogP contribution in [0.4, 0.5) is 0 Å². The number of fused-ring (bicyclic) bond motifs is 1. The first-order chi connectivity index (χ1) is 12.1. The lowest BCUT2D eigenvalue weighted by molar-refractivity contribution is -0.120. The summed E-state index contributed by atoms with van der Waals surface area (Å²) >= 11 is 0. The van der Waals surface area contributed by atoms with Crippen LogP contribution in [0.2, 0.25) is 0 Å². The van der Waals surface area contributed by atoms with E-state index in [4.69, 9.17) is 10.3 Å². The number of hydrogen-bond acceptors (Lipinski definition) is 5. The van der Waals surface area contributed by atoms with E-state index in [1.54, 1.807) is 6.92 Å². The molecule has 2 amide bonds. The number of carbonyl (C=O) groups is 2. The van der Waals surface area contributed by atoms with Gasteiger partial charge in [0.1, 0.15) is 5.76 Å². The van der Waals surface area contributed by atoms with E-state index in [-0.39, 0.29) is 18.1 Å². The molecule has 0 unspecified atom stereocenters. The van der Waals surface area contributed by atoms with Crippen molar-refractivity contribution >= 4 is 17.5 Å². The molecule has 1 aromatic heterocycles. The minimum absolute atomic E-state index is 0.188. The number of hydrogen-bond donors (Lipinski definition) is 3. The van der Waals surface area contributed by atoms with Gasteiger partial charge in [-0.05, 0) is 25.3 Å². The number of nitrogen functional groups attached to an aromatic ring is 1. The van der Waals surface area contributed by atoms with Crippen molar-refractivity contribution < 1.29 is 14.0 Å². The van der Waals surface area contributed by atoms with E-state index in [1.807, 2.05) is 30.3 Å². The molecule has 0 saturated heterocycles. The van der Waals surface area contributed by atoms with Gasteiger partial charge in [0.15, 0.2) is 5.76 Å². The van der Waals surface area contributed by atoms with Crippen LogP contribution in [0.1, 0.15) is 45.8 Å². The van der Waals surface area contributed by atoms with Crippen molar-refractivity contribution in [1.82, 2.24) is 10.9 Å². The molecule has 0 fully saturated rings. The third-order valence-electron chi connectivity index (χ3n) is 4.19. The van der Waals surface area contributed by atoms with Gasteiger partial charge in [-0.15, -0.1) is 0 Å². The summed E-state index contributed by atoms with van der Waals surface area (Å²) in [5.41, 5.74) is 7.81. The summed E-state index contributed by atoms with van der Waals surface area (Å²) in [6.45, 7) is 1.79. The van der Waals surface area contributed by atoms with Gasteiger partial charge in [0.2, 0.25) is 5.91 Å². The van der Waals surface area contributed by atoms with Gasteiger partial charge in [-0.3, -0.25) is 15.0 Å². The van der Waals surface area contributed by atoms with Crippen LogP contribution in [0.3, 0.4) is 0 Å². The third kappa shape index (κ3) is 3.61. The first-order valence-corrected chi connectivity index (χ1v) is 8.13.